The number of fused-ring (bicyclic) bond motifs is 3. The first-order chi connectivity index (χ1) is 19.9. The first-order valence-electron chi connectivity index (χ1n) is 13.6. The number of benzene rings is 4. The zero-order valence-corrected chi connectivity index (χ0v) is 23.3. The quantitative estimate of drug-likeness (QED) is 0.235. The average molecular weight is 534 g/mol. The normalized spacial score (nSPS) is 11.4. The number of hydrogen-bond donors (Lipinski definition) is 0. The van der Waals surface area contributed by atoms with E-state index in [1.165, 1.54) is 21.9 Å². The molecule has 7 rings (SSSR count). The van der Waals surface area contributed by atoms with Gasteiger partial charge in [-0.3, -0.25) is 0 Å². The molecule has 7 nitrogen and oxygen atoms in total. The van der Waals surface area contributed by atoms with E-state index in [0.29, 0.717) is 34.9 Å². The van der Waals surface area contributed by atoms with Crippen LogP contribution < -0.4 is 0 Å². The Balaban J connectivity index is 1.53. The summed E-state index contributed by atoms with van der Waals surface area (Å²) in [5, 5.41) is 2.37. The second-order valence-electron chi connectivity index (χ2n) is 10.2. The van der Waals surface area contributed by atoms with Crippen molar-refractivity contribution in [3.63, 3.8) is 0 Å². The van der Waals surface area contributed by atoms with Crippen molar-refractivity contribution in [2.45, 2.75) is 27.7 Å². The van der Waals surface area contributed by atoms with Crippen molar-refractivity contribution in [3.8, 4) is 39.6 Å². The highest BCUT2D eigenvalue weighted by Crippen LogP contribution is 2.38. The fourth-order valence-electron chi connectivity index (χ4n) is 5.57. The van der Waals surface area contributed by atoms with Crippen molar-refractivity contribution in [2.24, 2.45) is 0 Å². The summed E-state index contributed by atoms with van der Waals surface area (Å²) in [7, 11) is 0. The number of aromatic nitrogens is 7. The highest BCUT2D eigenvalue weighted by molar-refractivity contribution is 6.11. The summed E-state index contributed by atoms with van der Waals surface area (Å²) >= 11 is 0. The van der Waals surface area contributed by atoms with Gasteiger partial charge in [0.1, 0.15) is 23.3 Å². The summed E-state index contributed by atoms with van der Waals surface area (Å²) in [6, 6.07) is 31.9. The van der Waals surface area contributed by atoms with Gasteiger partial charge < -0.3 is 4.57 Å². The molecule has 41 heavy (non-hydrogen) atoms. The van der Waals surface area contributed by atoms with Crippen LogP contribution in [0.4, 0.5) is 0 Å². The molecule has 0 N–H and O–H groups in total. The van der Waals surface area contributed by atoms with Gasteiger partial charge in [-0.2, -0.15) is 0 Å². The Morgan fingerprint density at radius 2 is 1.02 bits per heavy atom. The molecular formula is C34H27N7. The molecule has 0 spiro atoms. The van der Waals surface area contributed by atoms with Gasteiger partial charge in [0.2, 0.25) is 0 Å². The standard InChI is InChI=1S/C34H27N7/c1-20-35-21(2)38-33(37-20)26-15-17-32(29(19-26)34-39-22(3)36-23(4)40-34)41-30-13-9-8-12-27(30)28-18-25(14-16-31(28)41)24-10-6-5-7-11-24/h5-19H,1-4H3. The van der Waals surface area contributed by atoms with Crippen LogP contribution in [-0.2, 0) is 0 Å². The van der Waals surface area contributed by atoms with Crippen molar-refractivity contribution < 1.29 is 0 Å². The maximum Gasteiger partial charge on any atom is 0.165 e. The number of hydrogen-bond acceptors (Lipinski definition) is 6. The third-order valence-corrected chi connectivity index (χ3v) is 7.23. The van der Waals surface area contributed by atoms with E-state index in [2.05, 4.69) is 109 Å². The molecule has 0 radical (unpaired) electrons. The second kappa shape index (κ2) is 9.71. The van der Waals surface area contributed by atoms with Gasteiger partial charge in [-0.15, -0.1) is 0 Å². The van der Waals surface area contributed by atoms with Crippen LogP contribution in [0.5, 0.6) is 0 Å². The number of para-hydroxylation sites is 1. The molecule has 3 heterocycles. The third kappa shape index (κ3) is 4.41. The van der Waals surface area contributed by atoms with E-state index < -0.39 is 0 Å². The zero-order valence-electron chi connectivity index (χ0n) is 23.3. The van der Waals surface area contributed by atoms with Crippen molar-refractivity contribution in [2.75, 3.05) is 0 Å². The smallest absolute Gasteiger partial charge is 0.165 e. The van der Waals surface area contributed by atoms with Crippen molar-refractivity contribution >= 4 is 21.8 Å². The zero-order chi connectivity index (χ0) is 28.1. The molecule has 7 heteroatoms. The molecule has 0 fully saturated rings. The van der Waals surface area contributed by atoms with Crippen molar-refractivity contribution in [1.82, 2.24) is 34.5 Å². The molecule has 198 valence electrons. The Hall–Kier alpha value is -5.30. The lowest BCUT2D eigenvalue weighted by molar-refractivity contribution is 0.924. The van der Waals surface area contributed by atoms with E-state index in [4.69, 9.17) is 9.97 Å². The molecule has 0 saturated heterocycles. The van der Waals surface area contributed by atoms with Gasteiger partial charge in [-0.1, -0.05) is 54.6 Å². The van der Waals surface area contributed by atoms with Crippen molar-refractivity contribution in [3.05, 3.63) is 114 Å². The molecule has 0 aliphatic carbocycles. The number of rotatable bonds is 4. The fourth-order valence-corrected chi connectivity index (χ4v) is 5.57. The Morgan fingerprint density at radius 3 is 1.73 bits per heavy atom. The van der Waals surface area contributed by atoms with E-state index in [1.54, 1.807) is 0 Å². The lowest BCUT2D eigenvalue weighted by atomic mass is 10.0. The second-order valence-corrected chi connectivity index (χ2v) is 10.2. The van der Waals surface area contributed by atoms with Crippen LogP contribution in [0.15, 0.2) is 91.0 Å². The first-order valence-corrected chi connectivity index (χ1v) is 13.6. The lowest BCUT2D eigenvalue weighted by Gasteiger charge is -2.15. The van der Waals surface area contributed by atoms with Gasteiger partial charge in [0.15, 0.2) is 11.6 Å². The van der Waals surface area contributed by atoms with Gasteiger partial charge in [0.05, 0.1) is 16.7 Å². The molecule has 0 bridgehead atoms. The summed E-state index contributed by atoms with van der Waals surface area (Å²) in [5.74, 6) is 3.94. The average Bonchev–Trinajstić information content (AvgIpc) is 3.30. The molecule has 0 aliphatic heterocycles. The SMILES string of the molecule is Cc1nc(C)nc(-c2ccc(-n3c4ccccc4c4cc(-c5ccccc5)ccc43)c(-c3nc(C)nc(C)n3)c2)n1. The van der Waals surface area contributed by atoms with Gasteiger partial charge in [0, 0.05) is 21.9 Å². The Kier molecular flexibility index (Phi) is 5.86. The van der Waals surface area contributed by atoms with Crippen LogP contribution in [0.1, 0.15) is 23.3 Å². The molecule has 7 aromatic rings. The predicted octanol–water partition coefficient (Wildman–Crippen LogP) is 7.39. The highest BCUT2D eigenvalue weighted by atomic mass is 15.0. The monoisotopic (exact) mass is 533 g/mol. The maximum atomic E-state index is 4.77. The Morgan fingerprint density at radius 1 is 0.439 bits per heavy atom. The van der Waals surface area contributed by atoms with Crippen LogP contribution in [0, 0.1) is 27.7 Å². The summed E-state index contributed by atoms with van der Waals surface area (Å²) in [5.41, 5.74) is 7.31. The maximum absolute atomic E-state index is 4.77. The number of nitrogens with zero attached hydrogens (tertiary/aromatic N) is 7. The third-order valence-electron chi connectivity index (χ3n) is 7.23. The van der Waals surface area contributed by atoms with E-state index in [0.717, 1.165) is 27.8 Å². The largest absolute Gasteiger partial charge is 0.309 e. The highest BCUT2D eigenvalue weighted by Gasteiger charge is 2.19. The molecular weight excluding hydrogens is 506 g/mol. The van der Waals surface area contributed by atoms with Gasteiger partial charge in [-0.25, -0.2) is 29.9 Å². The van der Waals surface area contributed by atoms with Crippen LogP contribution in [0.2, 0.25) is 0 Å². The summed E-state index contributed by atoms with van der Waals surface area (Å²) in [6.45, 7) is 7.56. The molecule has 0 atom stereocenters. The minimum Gasteiger partial charge on any atom is -0.309 e. The van der Waals surface area contributed by atoms with Crippen LogP contribution in [0.25, 0.3) is 61.4 Å². The predicted molar refractivity (Wildman–Crippen MR) is 163 cm³/mol. The van der Waals surface area contributed by atoms with Crippen LogP contribution >= 0.6 is 0 Å². The van der Waals surface area contributed by atoms with E-state index in [9.17, 15) is 0 Å². The van der Waals surface area contributed by atoms with Crippen LogP contribution in [0.3, 0.4) is 0 Å². The summed E-state index contributed by atoms with van der Waals surface area (Å²) in [4.78, 5) is 27.6. The van der Waals surface area contributed by atoms with Gasteiger partial charge >= 0.3 is 0 Å². The minimum absolute atomic E-state index is 0.612. The van der Waals surface area contributed by atoms with Crippen molar-refractivity contribution in [1.29, 1.82) is 0 Å². The van der Waals surface area contributed by atoms with Gasteiger partial charge in [0.25, 0.3) is 0 Å². The van der Waals surface area contributed by atoms with E-state index in [-0.39, 0.29) is 0 Å². The molecule has 0 unspecified atom stereocenters. The summed E-state index contributed by atoms with van der Waals surface area (Å²) < 4.78 is 2.30. The summed E-state index contributed by atoms with van der Waals surface area (Å²) in [6.07, 6.45) is 0. The molecule has 3 aromatic heterocycles. The topological polar surface area (TPSA) is 82.3 Å². The lowest BCUT2D eigenvalue weighted by Crippen LogP contribution is -2.04. The number of aryl methyl sites for hydroxylation is 4. The molecule has 0 amide bonds. The fraction of sp³-hybridized carbons (Fsp3) is 0.118. The molecule has 4 aromatic carbocycles. The first kappa shape index (κ1) is 24.7. The molecule has 0 aliphatic rings. The van der Waals surface area contributed by atoms with E-state index >= 15 is 0 Å². The van der Waals surface area contributed by atoms with Gasteiger partial charge in [-0.05, 0) is 75.2 Å². The minimum atomic E-state index is 0.612. The molecule has 0 saturated carbocycles. The van der Waals surface area contributed by atoms with E-state index in [1.807, 2.05) is 33.8 Å². The Labute approximate surface area is 237 Å². The van der Waals surface area contributed by atoms with Crippen LogP contribution in [-0.4, -0.2) is 34.5 Å². The Bertz CT molecular complexity index is 2050.